The second-order valence-electron chi connectivity index (χ2n) is 9.50. The molecule has 2 aliphatic rings. The predicted octanol–water partition coefficient (Wildman–Crippen LogP) is 3.66. The van der Waals surface area contributed by atoms with Crippen molar-refractivity contribution >= 4 is 40.2 Å². The zero-order chi connectivity index (χ0) is 24.7. The minimum absolute atomic E-state index is 0.204. The molecule has 8 heteroatoms. The van der Waals surface area contributed by atoms with Gasteiger partial charge < -0.3 is 15.5 Å². The molecule has 178 valence electrons. The number of nitrogens with zero attached hydrogens (tertiary/aromatic N) is 1. The van der Waals surface area contributed by atoms with Crippen molar-refractivity contribution in [2.24, 2.45) is 0 Å². The monoisotopic (exact) mass is 470 g/mol. The minimum atomic E-state index is -0.672. The summed E-state index contributed by atoms with van der Waals surface area (Å²) in [6, 6.07) is 18.1. The first-order chi connectivity index (χ1) is 16.7. The van der Waals surface area contributed by atoms with E-state index < -0.39 is 17.5 Å². The number of piperidine rings is 1. The highest BCUT2D eigenvalue weighted by molar-refractivity contribution is 6.05. The first-order valence-electron chi connectivity index (χ1n) is 11.6. The summed E-state index contributed by atoms with van der Waals surface area (Å²) in [6.45, 7) is 4.15. The zero-order valence-electron chi connectivity index (χ0n) is 19.6. The van der Waals surface area contributed by atoms with Crippen molar-refractivity contribution in [3.8, 4) is 0 Å². The first-order valence-corrected chi connectivity index (χ1v) is 11.6. The lowest BCUT2D eigenvalue weighted by Gasteiger charge is -2.29. The van der Waals surface area contributed by atoms with Crippen LogP contribution in [0.4, 0.5) is 10.5 Å². The highest BCUT2D eigenvalue weighted by atomic mass is 16.2. The average Bonchev–Trinajstić information content (AvgIpc) is 3.13. The summed E-state index contributed by atoms with van der Waals surface area (Å²) >= 11 is 0. The molecule has 2 aliphatic heterocycles. The molecule has 0 aliphatic carbocycles. The number of rotatable bonds is 4. The lowest BCUT2D eigenvalue weighted by molar-refractivity contribution is -0.136. The Bertz CT molecular complexity index is 1380. The molecule has 3 aromatic rings. The number of urea groups is 1. The topological polar surface area (TPSA) is 108 Å². The third-order valence-corrected chi connectivity index (χ3v) is 6.67. The molecule has 3 N–H and O–H groups in total. The Hall–Kier alpha value is -4.20. The highest BCUT2D eigenvalue weighted by Crippen LogP contribution is 2.31. The number of hydrogen-bond acceptors (Lipinski definition) is 4. The van der Waals surface area contributed by atoms with E-state index in [0.29, 0.717) is 17.7 Å². The van der Waals surface area contributed by atoms with Gasteiger partial charge in [0.15, 0.2) is 0 Å². The summed E-state index contributed by atoms with van der Waals surface area (Å²) in [5.74, 6) is -1.02. The standard InChI is InChI=1S/C27H26N4O4/c1-27(2,21-9-5-7-16-6-3-4-8-19(16)21)30-26(35)28-18-10-11-20-17(14-18)15-31(25(20)34)22-12-13-23(32)29-24(22)33/h3-11,14,22H,12-13,15H2,1-2H3,(H2,28,30,35)(H,29,32,33). The maximum atomic E-state index is 12.9. The van der Waals surface area contributed by atoms with E-state index in [0.717, 1.165) is 21.9 Å². The second kappa shape index (κ2) is 8.54. The summed E-state index contributed by atoms with van der Waals surface area (Å²) < 4.78 is 0. The average molecular weight is 471 g/mol. The van der Waals surface area contributed by atoms with Crippen LogP contribution in [0.1, 0.15) is 48.2 Å². The Morgan fingerprint density at radius 3 is 2.60 bits per heavy atom. The number of carbonyl (C=O) groups excluding carboxylic acids is 4. The van der Waals surface area contributed by atoms with Gasteiger partial charge in [0.2, 0.25) is 11.8 Å². The minimum Gasteiger partial charge on any atom is -0.329 e. The van der Waals surface area contributed by atoms with Gasteiger partial charge in [0, 0.05) is 24.2 Å². The van der Waals surface area contributed by atoms with Gasteiger partial charge in [0.05, 0.1) is 5.54 Å². The van der Waals surface area contributed by atoms with Crippen molar-refractivity contribution in [3.05, 3.63) is 77.4 Å². The number of benzene rings is 3. The van der Waals surface area contributed by atoms with E-state index in [1.807, 2.05) is 56.3 Å². The number of hydrogen-bond donors (Lipinski definition) is 3. The maximum Gasteiger partial charge on any atom is 0.319 e. The third-order valence-electron chi connectivity index (χ3n) is 6.67. The van der Waals surface area contributed by atoms with Crippen LogP contribution >= 0.6 is 0 Å². The van der Waals surface area contributed by atoms with Crippen LogP contribution in [0.2, 0.25) is 0 Å². The Kier molecular flexibility index (Phi) is 5.51. The van der Waals surface area contributed by atoms with Crippen molar-refractivity contribution in [1.82, 2.24) is 15.5 Å². The molecule has 35 heavy (non-hydrogen) atoms. The first kappa shape index (κ1) is 22.6. The molecule has 5 amide bonds. The molecule has 1 unspecified atom stereocenters. The maximum absolute atomic E-state index is 12.9. The second-order valence-corrected chi connectivity index (χ2v) is 9.50. The Morgan fingerprint density at radius 2 is 1.80 bits per heavy atom. The molecular weight excluding hydrogens is 444 g/mol. The largest absolute Gasteiger partial charge is 0.329 e. The van der Waals surface area contributed by atoms with Gasteiger partial charge >= 0.3 is 6.03 Å². The molecule has 3 aromatic carbocycles. The van der Waals surface area contributed by atoms with Gasteiger partial charge in [-0.1, -0.05) is 42.5 Å². The Balaban J connectivity index is 1.30. The van der Waals surface area contributed by atoms with Crippen LogP contribution in [0.25, 0.3) is 10.8 Å². The zero-order valence-corrected chi connectivity index (χ0v) is 19.6. The van der Waals surface area contributed by atoms with Gasteiger partial charge in [-0.15, -0.1) is 0 Å². The molecular formula is C27H26N4O4. The molecule has 8 nitrogen and oxygen atoms in total. The Labute approximate surface area is 202 Å². The van der Waals surface area contributed by atoms with Crippen LogP contribution < -0.4 is 16.0 Å². The van der Waals surface area contributed by atoms with Crippen LogP contribution in [0.15, 0.2) is 60.7 Å². The molecule has 0 aromatic heterocycles. The molecule has 1 fully saturated rings. The van der Waals surface area contributed by atoms with Crippen LogP contribution in [0.3, 0.4) is 0 Å². The van der Waals surface area contributed by atoms with E-state index in [4.69, 9.17) is 0 Å². The van der Waals surface area contributed by atoms with E-state index in [9.17, 15) is 19.2 Å². The molecule has 0 spiro atoms. The van der Waals surface area contributed by atoms with E-state index in [2.05, 4.69) is 16.0 Å². The van der Waals surface area contributed by atoms with Crippen molar-refractivity contribution in [3.63, 3.8) is 0 Å². The number of carbonyl (C=O) groups is 4. The molecule has 1 atom stereocenters. The summed E-state index contributed by atoms with van der Waals surface area (Å²) in [7, 11) is 0. The SMILES string of the molecule is CC(C)(NC(=O)Nc1ccc2c(c1)CN(C1CCC(=O)NC1=O)C2=O)c1cccc2ccccc12. The lowest BCUT2D eigenvalue weighted by atomic mass is 9.89. The van der Waals surface area contributed by atoms with Gasteiger partial charge in [-0.3, -0.25) is 19.7 Å². The van der Waals surface area contributed by atoms with E-state index >= 15 is 0 Å². The molecule has 0 saturated carbocycles. The number of anilines is 1. The highest BCUT2D eigenvalue weighted by Gasteiger charge is 2.39. The van der Waals surface area contributed by atoms with Crippen LogP contribution in [-0.4, -0.2) is 34.7 Å². The molecule has 2 heterocycles. The quantitative estimate of drug-likeness (QED) is 0.506. The number of amides is 5. The summed E-state index contributed by atoms with van der Waals surface area (Å²) in [5, 5.41) is 10.4. The van der Waals surface area contributed by atoms with Gasteiger partial charge in [0.25, 0.3) is 5.91 Å². The van der Waals surface area contributed by atoms with Gasteiger partial charge in [0.1, 0.15) is 6.04 Å². The van der Waals surface area contributed by atoms with E-state index in [-0.39, 0.29) is 30.8 Å². The van der Waals surface area contributed by atoms with Crippen LogP contribution in [0.5, 0.6) is 0 Å². The molecule has 5 rings (SSSR count). The van der Waals surface area contributed by atoms with Crippen LogP contribution in [0, 0.1) is 0 Å². The van der Waals surface area contributed by atoms with Gasteiger partial charge in [-0.2, -0.15) is 0 Å². The summed E-state index contributed by atoms with van der Waals surface area (Å²) in [5.41, 5.74) is 2.14. The smallest absolute Gasteiger partial charge is 0.319 e. The lowest BCUT2D eigenvalue weighted by Crippen LogP contribution is -2.52. The fourth-order valence-corrected chi connectivity index (χ4v) is 4.94. The number of fused-ring (bicyclic) bond motifs is 2. The van der Waals surface area contributed by atoms with E-state index in [1.165, 1.54) is 4.90 Å². The summed E-state index contributed by atoms with van der Waals surface area (Å²) in [6.07, 6.45) is 0.511. The molecule has 0 radical (unpaired) electrons. The van der Waals surface area contributed by atoms with Crippen molar-refractivity contribution in [2.75, 3.05) is 5.32 Å². The van der Waals surface area contributed by atoms with Crippen molar-refractivity contribution in [1.29, 1.82) is 0 Å². The fourth-order valence-electron chi connectivity index (χ4n) is 4.94. The summed E-state index contributed by atoms with van der Waals surface area (Å²) in [4.78, 5) is 51.0. The predicted molar refractivity (Wildman–Crippen MR) is 132 cm³/mol. The van der Waals surface area contributed by atoms with Gasteiger partial charge in [-0.05, 0) is 60.4 Å². The van der Waals surface area contributed by atoms with Crippen LogP contribution in [-0.2, 0) is 21.7 Å². The van der Waals surface area contributed by atoms with E-state index in [1.54, 1.807) is 18.2 Å². The molecule has 0 bridgehead atoms. The third kappa shape index (κ3) is 4.23. The van der Waals surface area contributed by atoms with Gasteiger partial charge in [-0.25, -0.2) is 4.79 Å². The van der Waals surface area contributed by atoms with Crippen molar-refractivity contribution < 1.29 is 19.2 Å². The molecule has 1 saturated heterocycles. The number of nitrogens with one attached hydrogen (secondary N) is 3. The fraction of sp³-hybridized carbons (Fsp3) is 0.259. The Morgan fingerprint density at radius 1 is 1.03 bits per heavy atom. The number of imide groups is 1. The van der Waals surface area contributed by atoms with Crippen molar-refractivity contribution in [2.45, 2.75) is 44.8 Å². The normalized spacial score (nSPS) is 17.8.